The lowest BCUT2D eigenvalue weighted by Crippen LogP contribution is -2.66. The Bertz CT molecular complexity index is 1710. The van der Waals surface area contributed by atoms with Gasteiger partial charge in [-0.2, -0.15) is 0 Å². The highest BCUT2D eigenvalue weighted by molar-refractivity contribution is 5.76. The number of rotatable bonds is 52. The molecule has 3 aliphatic rings. The van der Waals surface area contributed by atoms with Crippen molar-refractivity contribution in [3.05, 3.63) is 36.5 Å². The third-order valence-corrected chi connectivity index (χ3v) is 17.2. The molecule has 12 N–H and O–H groups in total. The highest BCUT2D eigenvalue weighted by Crippen LogP contribution is 2.33. The Kier molecular flexibility index (Phi) is 45.2. The van der Waals surface area contributed by atoms with E-state index in [0.717, 1.165) is 51.4 Å². The third kappa shape index (κ3) is 31.8. The minimum atomic E-state index is -1.98. The highest BCUT2D eigenvalue weighted by Gasteiger charge is 2.53. The summed E-state index contributed by atoms with van der Waals surface area (Å²) in [5.74, 6) is -0.286. The number of carbonyl (C=O) groups is 1. The summed E-state index contributed by atoms with van der Waals surface area (Å²) in [7, 11) is 0. The van der Waals surface area contributed by atoms with E-state index in [9.17, 15) is 61.0 Å². The average Bonchev–Trinajstić information content (AvgIpc) is 2.21. The molecule has 3 fully saturated rings. The number of hydrogen-bond acceptors (Lipinski definition) is 18. The van der Waals surface area contributed by atoms with E-state index >= 15 is 0 Å². The van der Waals surface area contributed by atoms with Crippen LogP contribution >= 0.6 is 0 Å². The van der Waals surface area contributed by atoms with Gasteiger partial charge in [-0.1, -0.05) is 224 Å². The van der Waals surface area contributed by atoms with Gasteiger partial charge in [0.15, 0.2) is 18.9 Å². The minimum Gasteiger partial charge on any atom is -0.394 e. The van der Waals surface area contributed by atoms with Gasteiger partial charge in [0, 0.05) is 6.42 Å². The summed E-state index contributed by atoms with van der Waals surface area (Å²) in [5.41, 5.74) is 0. The molecule has 0 saturated carbocycles. The van der Waals surface area contributed by atoms with Crippen molar-refractivity contribution in [2.75, 3.05) is 26.4 Å². The van der Waals surface area contributed by atoms with Gasteiger partial charge >= 0.3 is 0 Å². The maximum atomic E-state index is 13.4. The number of aliphatic hydroxyl groups excluding tert-OH is 11. The van der Waals surface area contributed by atoms with E-state index in [1.54, 1.807) is 6.08 Å². The van der Waals surface area contributed by atoms with E-state index < -0.39 is 124 Å². The van der Waals surface area contributed by atoms with Gasteiger partial charge < -0.3 is 89.9 Å². The molecular weight excluding hydrogens is 1110 g/mol. The number of ether oxygens (including phenoxy) is 6. The quantitative estimate of drug-likeness (QED) is 0.0201. The zero-order valence-electron chi connectivity index (χ0n) is 53.0. The first-order valence-electron chi connectivity index (χ1n) is 34.2. The number of hydrogen-bond donors (Lipinski definition) is 12. The first-order valence-corrected chi connectivity index (χ1v) is 34.2. The smallest absolute Gasteiger partial charge is 0.220 e. The average molecular weight is 1230 g/mol. The molecule has 3 heterocycles. The summed E-state index contributed by atoms with van der Waals surface area (Å²) in [4.78, 5) is 13.4. The first kappa shape index (κ1) is 78.3. The topological polar surface area (TPSA) is 307 Å². The van der Waals surface area contributed by atoms with Gasteiger partial charge in [-0.25, -0.2) is 0 Å². The SMILES string of the molecule is CCCCCCCCCC/C=C\CCCCCCCCCCCC(=O)NC(COC1OC(CO)C(OC2OC(CO)C(OC3OC(CO)C(O)C(O)C3O)C(O)C2O)C(O)C1O)C(O)/C=C/CC/C=C/CCCCCCCCCCCCCCCC. The second-order valence-corrected chi connectivity index (χ2v) is 24.6. The molecule has 0 radical (unpaired) electrons. The monoisotopic (exact) mass is 1230 g/mol. The maximum absolute atomic E-state index is 13.4. The highest BCUT2D eigenvalue weighted by atomic mass is 16.8. The third-order valence-electron chi connectivity index (χ3n) is 17.2. The zero-order valence-corrected chi connectivity index (χ0v) is 53.0. The molecule has 0 spiro atoms. The largest absolute Gasteiger partial charge is 0.394 e. The van der Waals surface area contributed by atoms with Crippen molar-refractivity contribution < 1.29 is 89.4 Å². The van der Waals surface area contributed by atoms with E-state index in [4.69, 9.17) is 28.4 Å². The number of allylic oxidation sites excluding steroid dienone is 5. The summed E-state index contributed by atoms with van der Waals surface area (Å²) in [5, 5.41) is 120. The van der Waals surface area contributed by atoms with E-state index in [2.05, 4.69) is 43.5 Å². The Morgan fingerprint density at radius 3 is 1.16 bits per heavy atom. The normalized spacial score (nSPS) is 29.0. The Morgan fingerprint density at radius 2 is 0.744 bits per heavy atom. The Balaban J connectivity index is 1.47. The van der Waals surface area contributed by atoms with Crippen LogP contribution in [0.5, 0.6) is 0 Å². The van der Waals surface area contributed by atoms with Crippen LogP contribution in [0, 0.1) is 0 Å². The van der Waals surface area contributed by atoms with Crippen molar-refractivity contribution >= 4 is 5.91 Å². The molecule has 0 aromatic heterocycles. The van der Waals surface area contributed by atoms with Crippen LogP contribution in [0.3, 0.4) is 0 Å². The molecular formula is C67H123NO18. The van der Waals surface area contributed by atoms with Crippen LogP contribution in [0.1, 0.15) is 251 Å². The summed E-state index contributed by atoms with van der Waals surface area (Å²) < 4.78 is 34.3. The summed E-state index contributed by atoms with van der Waals surface area (Å²) in [6, 6.07) is -0.990. The molecule has 0 bridgehead atoms. The number of carbonyl (C=O) groups excluding carboxylic acids is 1. The Morgan fingerprint density at radius 1 is 0.407 bits per heavy atom. The molecule has 19 nitrogen and oxygen atoms in total. The van der Waals surface area contributed by atoms with Crippen LogP contribution in [0.15, 0.2) is 36.5 Å². The van der Waals surface area contributed by atoms with Crippen LogP contribution in [0.2, 0.25) is 0 Å². The van der Waals surface area contributed by atoms with Gasteiger partial charge in [0.05, 0.1) is 38.6 Å². The van der Waals surface area contributed by atoms with Gasteiger partial charge in [0.25, 0.3) is 0 Å². The van der Waals surface area contributed by atoms with Crippen molar-refractivity contribution in [3.63, 3.8) is 0 Å². The van der Waals surface area contributed by atoms with Gasteiger partial charge in [-0.3, -0.25) is 4.79 Å². The molecule has 3 saturated heterocycles. The van der Waals surface area contributed by atoms with Crippen molar-refractivity contribution in [2.24, 2.45) is 0 Å². The second-order valence-electron chi connectivity index (χ2n) is 24.6. The Labute approximate surface area is 517 Å². The van der Waals surface area contributed by atoms with E-state index in [-0.39, 0.29) is 18.9 Å². The van der Waals surface area contributed by atoms with Gasteiger partial charge in [0.2, 0.25) is 5.91 Å². The van der Waals surface area contributed by atoms with E-state index in [1.165, 1.54) is 167 Å². The maximum Gasteiger partial charge on any atom is 0.220 e. The molecule has 0 aromatic carbocycles. The number of amides is 1. The van der Waals surface area contributed by atoms with E-state index in [0.29, 0.717) is 12.8 Å². The standard InChI is InChI=1S/C67H123NO18/c1-3-5-7-9-11-13-15-17-19-21-23-25-27-29-31-33-35-37-39-41-43-45-55(73)68-50(51(72)44-42-40-38-36-34-32-30-28-26-24-22-20-18-16-14-12-10-8-6-4-2)49-81-65-61(79)58(76)63(53(47-70)83-65)86-67-62(80)59(77)64(54(48-71)84-67)85-66-60(78)57(75)56(74)52(46-69)82-66/h21,23,34,36,42,44,50-54,56-67,69-72,74-80H,3-20,22,24-33,35,37-41,43,45-49H2,1-2H3,(H,68,73)/b23-21-,36-34+,44-42+. The van der Waals surface area contributed by atoms with E-state index in [1.807, 2.05) is 6.08 Å². The van der Waals surface area contributed by atoms with Gasteiger partial charge in [-0.05, 0) is 57.8 Å². The molecule has 86 heavy (non-hydrogen) atoms. The Hall–Kier alpha value is -1.99. The number of aliphatic hydroxyl groups is 11. The van der Waals surface area contributed by atoms with Crippen LogP contribution in [0.4, 0.5) is 0 Å². The number of unbranched alkanes of at least 4 members (excludes halogenated alkanes) is 32. The second kappa shape index (κ2) is 49.7. The molecule has 3 rings (SSSR count). The molecule has 1 amide bonds. The molecule has 3 aliphatic heterocycles. The van der Waals surface area contributed by atoms with Gasteiger partial charge in [0.1, 0.15) is 73.2 Å². The van der Waals surface area contributed by atoms with Gasteiger partial charge in [-0.15, -0.1) is 0 Å². The lowest BCUT2D eigenvalue weighted by atomic mass is 9.96. The molecule has 19 heteroatoms. The number of nitrogens with one attached hydrogen (secondary N) is 1. The molecule has 17 unspecified atom stereocenters. The fraction of sp³-hybridized carbons (Fsp3) is 0.896. The van der Waals surface area contributed by atoms with Crippen molar-refractivity contribution in [2.45, 2.75) is 356 Å². The fourth-order valence-corrected chi connectivity index (χ4v) is 11.6. The summed E-state index contributed by atoms with van der Waals surface area (Å²) in [6.07, 6.45) is 29.8. The summed E-state index contributed by atoms with van der Waals surface area (Å²) >= 11 is 0. The summed E-state index contributed by atoms with van der Waals surface area (Å²) in [6.45, 7) is 1.73. The lowest BCUT2D eigenvalue weighted by molar-refractivity contribution is -0.379. The van der Waals surface area contributed by atoms with Crippen LogP contribution in [0.25, 0.3) is 0 Å². The fourth-order valence-electron chi connectivity index (χ4n) is 11.6. The minimum absolute atomic E-state index is 0.234. The van der Waals surface area contributed by atoms with Crippen molar-refractivity contribution in [3.8, 4) is 0 Å². The predicted octanol–water partition coefficient (Wildman–Crippen LogP) is 8.44. The van der Waals surface area contributed by atoms with Crippen LogP contribution < -0.4 is 5.32 Å². The van der Waals surface area contributed by atoms with Crippen molar-refractivity contribution in [1.82, 2.24) is 5.32 Å². The molecule has 0 aliphatic carbocycles. The van der Waals surface area contributed by atoms with Crippen LogP contribution in [-0.2, 0) is 33.2 Å². The lowest BCUT2D eigenvalue weighted by Gasteiger charge is -2.48. The molecule has 17 atom stereocenters. The van der Waals surface area contributed by atoms with Crippen molar-refractivity contribution in [1.29, 1.82) is 0 Å². The molecule has 0 aromatic rings. The van der Waals surface area contributed by atoms with Crippen LogP contribution in [-0.4, -0.2) is 193 Å². The predicted molar refractivity (Wildman–Crippen MR) is 333 cm³/mol. The molecule has 504 valence electrons. The first-order chi connectivity index (χ1) is 41.8. The zero-order chi connectivity index (χ0) is 62.6.